The Kier molecular flexibility index (Phi) is 6.83. The monoisotopic (exact) mass is 449 g/mol. The Bertz CT molecular complexity index is 407. The molecule has 0 atom stereocenters. The van der Waals surface area contributed by atoms with Crippen LogP contribution in [0, 0.1) is 11.8 Å². The van der Waals surface area contributed by atoms with E-state index in [0.29, 0.717) is 11.8 Å². The van der Waals surface area contributed by atoms with Gasteiger partial charge in [-0.1, -0.05) is 6.92 Å². The van der Waals surface area contributed by atoms with E-state index in [1.54, 1.807) is 0 Å². The molecule has 0 bridgehead atoms. The summed E-state index contributed by atoms with van der Waals surface area (Å²) in [5, 5.41) is 0. The number of hydrogen-bond donors (Lipinski definition) is 0. The van der Waals surface area contributed by atoms with Crippen molar-refractivity contribution in [1.82, 2.24) is 12.9 Å². The van der Waals surface area contributed by atoms with Crippen molar-refractivity contribution in [3.63, 3.8) is 0 Å². The third kappa shape index (κ3) is 4.64. The molecule has 3 fully saturated rings. The maximum atomic E-state index is 12.9. The third-order valence-electron chi connectivity index (χ3n) is 6.40. The van der Waals surface area contributed by atoms with Gasteiger partial charge in [0.05, 0.1) is 0 Å². The van der Waals surface area contributed by atoms with Crippen molar-refractivity contribution in [3.8, 4) is 0 Å². The van der Waals surface area contributed by atoms with Crippen LogP contribution in [-0.4, -0.2) is 74.0 Å². The molecule has 2 aliphatic heterocycles. The van der Waals surface area contributed by atoms with Crippen LogP contribution in [0.15, 0.2) is 0 Å². The Balaban J connectivity index is 1.42. The normalized spacial score (nSPS) is 32.0. The van der Waals surface area contributed by atoms with Gasteiger partial charge >= 0.3 is 143 Å². The number of halogens is 1. The summed E-state index contributed by atoms with van der Waals surface area (Å²) in [6.45, 7) is 8.84. The Labute approximate surface area is 156 Å². The number of piperidine rings is 1. The molecule has 4 nitrogen and oxygen atoms in total. The van der Waals surface area contributed by atoms with Crippen LogP contribution < -0.4 is 0 Å². The molecule has 0 aromatic heterocycles. The maximum absolute atomic E-state index is 12.9. The number of nitrogens with zero attached hydrogens (tertiary/aromatic N) is 3. The fourth-order valence-corrected chi connectivity index (χ4v) is 7.09. The van der Waals surface area contributed by atoms with Gasteiger partial charge in [0.25, 0.3) is 0 Å². The molecule has 0 aromatic rings. The molecule has 1 saturated carbocycles. The van der Waals surface area contributed by atoms with E-state index in [9.17, 15) is 4.79 Å². The number of carbonyl (C=O) groups is 1. The number of alkyl halides is 2. The first-order valence-electron chi connectivity index (χ1n) is 9.82. The summed E-state index contributed by atoms with van der Waals surface area (Å²) in [6, 6.07) is 0.790. The van der Waals surface area contributed by atoms with Gasteiger partial charge in [-0.15, -0.1) is 0 Å². The molecule has 0 N–H and O–H groups in total. The van der Waals surface area contributed by atoms with Gasteiger partial charge in [-0.25, -0.2) is 0 Å². The summed E-state index contributed by atoms with van der Waals surface area (Å²) in [5.74, 6) is 1.68. The van der Waals surface area contributed by atoms with Gasteiger partial charge in [-0.3, -0.25) is 0 Å². The van der Waals surface area contributed by atoms with Crippen molar-refractivity contribution in [2.24, 2.45) is 11.8 Å². The zero-order valence-electron chi connectivity index (χ0n) is 15.8. The number of rotatable bonds is 3. The van der Waals surface area contributed by atoms with Crippen LogP contribution in [0.5, 0.6) is 0 Å². The van der Waals surface area contributed by atoms with Crippen molar-refractivity contribution in [2.45, 2.75) is 51.5 Å². The van der Waals surface area contributed by atoms with Gasteiger partial charge in [-0.2, -0.15) is 0 Å². The van der Waals surface area contributed by atoms with Crippen LogP contribution in [0.25, 0.3) is 0 Å². The van der Waals surface area contributed by atoms with Crippen molar-refractivity contribution in [1.29, 1.82) is 0 Å². The van der Waals surface area contributed by atoms with Gasteiger partial charge in [-0.05, 0) is 5.92 Å². The van der Waals surface area contributed by atoms with E-state index >= 15 is 0 Å². The topological polar surface area (TPSA) is 26.8 Å². The first-order valence-corrected chi connectivity index (χ1v) is 15.1. The number of amides is 1. The molecule has 0 unspecified atom stereocenters. The van der Waals surface area contributed by atoms with Gasteiger partial charge in [0, 0.05) is 0 Å². The summed E-state index contributed by atoms with van der Waals surface area (Å²) in [5.41, 5.74) is 0. The third-order valence-corrected chi connectivity index (χ3v) is 10.1. The van der Waals surface area contributed by atoms with Gasteiger partial charge in [0.15, 0.2) is 0 Å². The van der Waals surface area contributed by atoms with Gasteiger partial charge in [0.2, 0.25) is 0 Å². The number of carbonyl (C=O) groups excluding carboxylic acids is 1. The zero-order chi connectivity index (χ0) is 17.1. The SMILES string of the molecule is CC1CCC(N2CCN(C(=O)C3CCN(I(C)C)CC3)CC2)CC1. The van der Waals surface area contributed by atoms with Crippen LogP contribution >= 0.6 is 20.1 Å². The number of piperazine rings is 1. The average Bonchev–Trinajstić information content (AvgIpc) is 2.62. The Morgan fingerprint density at radius 1 is 0.833 bits per heavy atom. The molecule has 3 aliphatic rings. The molecule has 0 spiro atoms. The van der Waals surface area contributed by atoms with Gasteiger partial charge < -0.3 is 0 Å². The molecule has 1 aliphatic carbocycles. The summed E-state index contributed by atoms with van der Waals surface area (Å²) in [6.07, 6.45) is 7.70. The molecule has 1 amide bonds. The van der Waals surface area contributed by atoms with Crippen molar-refractivity contribution in [2.75, 3.05) is 49.1 Å². The van der Waals surface area contributed by atoms with Crippen LogP contribution in [-0.2, 0) is 4.79 Å². The van der Waals surface area contributed by atoms with E-state index in [1.807, 2.05) is 0 Å². The fourth-order valence-electron chi connectivity index (χ4n) is 4.61. The molecular weight excluding hydrogens is 413 g/mol. The van der Waals surface area contributed by atoms with Crippen molar-refractivity contribution >= 4 is 26.0 Å². The molecule has 2 saturated heterocycles. The Hall–Kier alpha value is 0.120. The molecule has 3 rings (SSSR count). The second-order valence-corrected chi connectivity index (χ2v) is 13.6. The van der Waals surface area contributed by atoms with Crippen LogP contribution in [0.3, 0.4) is 0 Å². The van der Waals surface area contributed by atoms with E-state index < -0.39 is 20.1 Å². The van der Waals surface area contributed by atoms with Crippen molar-refractivity contribution < 1.29 is 4.79 Å². The first kappa shape index (κ1) is 18.9. The van der Waals surface area contributed by atoms with E-state index in [-0.39, 0.29) is 0 Å². The predicted molar refractivity (Wildman–Crippen MR) is 110 cm³/mol. The molecule has 2 heterocycles. The number of hydrogen-bond acceptors (Lipinski definition) is 3. The summed E-state index contributed by atoms with van der Waals surface area (Å²) in [7, 11) is 0. The van der Waals surface area contributed by atoms with Crippen molar-refractivity contribution in [3.05, 3.63) is 0 Å². The van der Waals surface area contributed by atoms with Crippen LogP contribution in [0.1, 0.15) is 45.4 Å². The Morgan fingerprint density at radius 2 is 1.42 bits per heavy atom. The second-order valence-electron chi connectivity index (χ2n) is 8.18. The standard InChI is InChI=1S/C19H36IN3O/c1-16-4-6-18(7-5-16)21-12-14-22(15-13-21)19(24)17-8-10-23(11-9-17)20(2)3/h16-18H,4-15H2,1-3H3. The minimum absolute atomic E-state index is 0.305. The molecular formula is C19H36IN3O. The summed E-state index contributed by atoms with van der Waals surface area (Å²) in [4.78, 5) is 22.5. The van der Waals surface area contributed by atoms with E-state index in [1.165, 1.54) is 25.7 Å². The molecule has 5 heteroatoms. The molecule has 0 radical (unpaired) electrons. The van der Waals surface area contributed by atoms with E-state index in [2.05, 4.69) is 29.7 Å². The van der Waals surface area contributed by atoms with E-state index in [0.717, 1.165) is 64.1 Å². The summed E-state index contributed by atoms with van der Waals surface area (Å²) >= 11 is -0.837. The Morgan fingerprint density at radius 3 is 1.96 bits per heavy atom. The molecule has 140 valence electrons. The van der Waals surface area contributed by atoms with E-state index in [4.69, 9.17) is 0 Å². The summed E-state index contributed by atoms with van der Waals surface area (Å²) < 4.78 is 2.66. The predicted octanol–water partition coefficient (Wildman–Crippen LogP) is 3.10. The minimum atomic E-state index is -0.837. The van der Waals surface area contributed by atoms with Gasteiger partial charge in [0.1, 0.15) is 0 Å². The molecule has 0 aromatic carbocycles. The van der Waals surface area contributed by atoms with Crippen LogP contribution in [0.2, 0.25) is 0 Å². The molecule has 24 heavy (non-hydrogen) atoms. The average molecular weight is 449 g/mol. The second kappa shape index (κ2) is 8.67. The zero-order valence-corrected chi connectivity index (χ0v) is 18.0. The quantitative estimate of drug-likeness (QED) is 0.377. The fraction of sp³-hybridized carbons (Fsp3) is 0.947. The first-order chi connectivity index (χ1) is 11.5. The van der Waals surface area contributed by atoms with Crippen LogP contribution in [0.4, 0.5) is 0 Å².